The summed E-state index contributed by atoms with van der Waals surface area (Å²) in [5, 5.41) is 10.5. The highest BCUT2D eigenvalue weighted by Crippen LogP contribution is 2.28. The van der Waals surface area contributed by atoms with Crippen molar-refractivity contribution >= 4 is 5.78 Å². The van der Waals surface area contributed by atoms with Gasteiger partial charge in [-0.2, -0.15) is 0 Å². The molecule has 2 aromatic rings. The Morgan fingerprint density at radius 2 is 1.71 bits per heavy atom. The Morgan fingerprint density at radius 1 is 1.10 bits per heavy atom. The van der Waals surface area contributed by atoms with Crippen molar-refractivity contribution in [2.45, 2.75) is 19.4 Å². The molecule has 21 heavy (non-hydrogen) atoms. The molecule has 2 rings (SSSR count). The molecule has 0 saturated heterocycles. The summed E-state index contributed by atoms with van der Waals surface area (Å²) in [6.45, 7) is 1.91. The van der Waals surface area contributed by atoms with Gasteiger partial charge in [-0.3, -0.25) is 4.79 Å². The molecule has 0 bridgehead atoms. The van der Waals surface area contributed by atoms with E-state index < -0.39 is 12.0 Å². The first-order chi connectivity index (χ1) is 10.2. The molecular weight excluding hydrogens is 264 g/mol. The van der Waals surface area contributed by atoms with Gasteiger partial charge in [-0.25, -0.2) is 0 Å². The highest BCUT2D eigenvalue weighted by molar-refractivity contribution is 5.98. The van der Waals surface area contributed by atoms with Crippen LogP contribution in [0.15, 0.2) is 54.6 Å². The van der Waals surface area contributed by atoms with Crippen LogP contribution >= 0.6 is 0 Å². The van der Waals surface area contributed by atoms with Crippen molar-refractivity contribution in [3.8, 4) is 5.75 Å². The van der Waals surface area contributed by atoms with Crippen LogP contribution in [0.1, 0.15) is 35.4 Å². The molecule has 3 heteroatoms. The molecule has 0 aliphatic heterocycles. The number of hydrogen-bond acceptors (Lipinski definition) is 3. The van der Waals surface area contributed by atoms with Crippen LogP contribution in [-0.4, -0.2) is 18.0 Å². The molecule has 0 saturated carbocycles. The van der Waals surface area contributed by atoms with Gasteiger partial charge in [0.15, 0.2) is 5.78 Å². The van der Waals surface area contributed by atoms with Crippen molar-refractivity contribution < 1.29 is 14.6 Å². The molecule has 0 unspecified atom stereocenters. The SMILES string of the molecule is CC[C@@H](C(=O)c1ccc(OC)cc1)[C@@H](O)c1ccccc1. The van der Waals surface area contributed by atoms with Gasteiger partial charge in [-0.05, 0) is 36.2 Å². The van der Waals surface area contributed by atoms with E-state index in [2.05, 4.69) is 0 Å². The first-order valence-corrected chi connectivity index (χ1v) is 7.08. The summed E-state index contributed by atoms with van der Waals surface area (Å²) in [7, 11) is 1.59. The van der Waals surface area contributed by atoms with E-state index in [9.17, 15) is 9.90 Å². The van der Waals surface area contributed by atoms with E-state index in [1.165, 1.54) is 0 Å². The van der Waals surface area contributed by atoms with E-state index in [4.69, 9.17) is 4.74 Å². The Labute approximate surface area is 125 Å². The summed E-state index contributed by atoms with van der Waals surface area (Å²) in [6.07, 6.45) is -0.202. The fourth-order valence-corrected chi connectivity index (χ4v) is 2.40. The number of aliphatic hydroxyl groups excluding tert-OH is 1. The van der Waals surface area contributed by atoms with E-state index >= 15 is 0 Å². The van der Waals surface area contributed by atoms with Crippen molar-refractivity contribution in [3.05, 3.63) is 65.7 Å². The van der Waals surface area contributed by atoms with Crippen molar-refractivity contribution in [1.29, 1.82) is 0 Å². The van der Waals surface area contributed by atoms with Gasteiger partial charge < -0.3 is 9.84 Å². The maximum Gasteiger partial charge on any atom is 0.168 e. The Morgan fingerprint density at radius 3 is 2.24 bits per heavy atom. The van der Waals surface area contributed by atoms with Crippen LogP contribution in [0.5, 0.6) is 5.75 Å². The molecule has 0 radical (unpaired) electrons. The fraction of sp³-hybridized carbons (Fsp3) is 0.278. The minimum Gasteiger partial charge on any atom is -0.497 e. The zero-order valence-corrected chi connectivity index (χ0v) is 12.3. The quantitative estimate of drug-likeness (QED) is 0.824. The van der Waals surface area contributed by atoms with Gasteiger partial charge in [-0.15, -0.1) is 0 Å². The molecule has 3 nitrogen and oxygen atoms in total. The van der Waals surface area contributed by atoms with Gasteiger partial charge >= 0.3 is 0 Å². The molecule has 0 fully saturated rings. The number of hydrogen-bond donors (Lipinski definition) is 1. The minimum absolute atomic E-state index is 0.0449. The van der Waals surface area contributed by atoms with E-state index in [1.54, 1.807) is 31.4 Å². The zero-order valence-electron chi connectivity index (χ0n) is 12.3. The van der Waals surface area contributed by atoms with Crippen molar-refractivity contribution in [2.24, 2.45) is 5.92 Å². The summed E-state index contributed by atoms with van der Waals surface area (Å²) in [5.74, 6) is 0.223. The molecule has 0 spiro atoms. The van der Waals surface area contributed by atoms with Gasteiger partial charge in [0.25, 0.3) is 0 Å². The van der Waals surface area contributed by atoms with E-state index in [1.807, 2.05) is 37.3 Å². The third kappa shape index (κ3) is 3.50. The van der Waals surface area contributed by atoms with E-state index in [0.717, 1.165) is 5.56 Å². The van der Waals surface area contributed by atoms with Crippen LogP contribution < -0.4 is 4.74 Å². The average Bonchev–Trinajstić information content (AvgIpc) is 2.56. The molecule has 2 atom stereocenters. The molecule has 0 heterocycles. The zero-order chi connectivity index (χ0) is 15.2. The summed E-state index contributed by atoms with van der Waals surface area (Å²) >= 11 is 0. The molecule has 0 aliphatic carbocycles. The first kappa shape index (κ1) is 15.3. The van der Waals surface area contributed by atoms with E-state index in [-0.39, 0.29) is 5.78 Å². The van der Waals surface area contributed by atoms with E-state index in [0.29, 0.717) is 17.7 Å². The van der Waals surface area contributed by atoms with Crippen LogP contribution in [0, 0.1) is 5.92 Å². The Hall–Kier alpha value is -2.13. The lowest BCUT2D eigenvalue weighted by Crippen LogP contribution is -2.22. The molecule has 2 aromatic carbocycles. The fourth-order valence-electron chi connectivity index (χ4n) is 2.40. The number of ketones is 1. The summed E-state index contributed by atoms with van der Waals surface area (Å²) in [5.41, 5.74) is 1.36. The number of rotatable bonds is 6. The number of carbonyl (C=O) groups is 1. The molecule has 1 N–H and O–H groups in total. The molecule has 110 valence electrons. The highest BCUT2D eigenvalue weighted by atomic mass is 16.5. The number of carbonyl (C=O) groups excluding carboxylic acids is 1. The van der Waals surface area contributed by atoms with Gasteiger partial charge in [0.05, 0.1) is 19.1 Å². The largest absolute Gasteiger partial charge is 0.497 e. The maximum absolute atomic E-state index is 12.6. The van der Waals surface area contributed by atoms with Crippen molar-refractivity contribution in [1.82, 2.24) is 0 Å². The maximum atomic E-state index is 12.6. The summed E-state index contributed by atoms with van der Waals surface area (Å²) in [6, 6.07) is 16.3. The molecule has 0 aliphatic rings. The molecule has 0 amide bonds. The van der Waals surface area contributed by atoms with Crippen molar-refractivity contribution in [3.63, 3.8) is 0 Å². The second-order valence-corrected chi connectivity index (χ2v) is 4.96. The number of Topliss-reactive ketones (excluding diaryl/α,β-unsaturated/α-hetero) is 1. The lowest BCUT2D eigenvalue weighted by molar-refractivity contribution is 0.0667. The topological polar surface area (TPSA) is 46.5 Å². The Kier molecular flexibility index (Phi) is 5.12. The Balaban J connectivity index is 2.21. The predicted octanol–water partition coefficient (Wildman–Crippen LogP) is 3.64. The van der Waals surface area contributed by atoms with Crippen LogP contribution in [0.4, 0.5) is 0 Å². The van der Waals surface area contributed by atoms with Crippen LogP contribution in [0.3, 0.4) is 0 Å². The van der Waals surface area contributed by atoms with Gasteiger partial charge in [0.2, 0.25) is 0 Å². The van der Waals surface area contributed by atoms with Crippen molar-refractivity contribution in [2.75, 3.05) is 7.11 Å². The normalized spacial score (nSPS) is 13.5. The standard InChI is InChI=1S/C18H20O3/c1-3-16(17(19)13-7-5-4-6-8-13)18(20)14-9-11-15(21-2)12-10-14/h4-12,16-17,19H,3H2,1-2H3/t16-,17+/m1/s1. The summed E-state index contributed by atoms with van der Waals surface area (Å²) in [4.78, 5) is 12.6. The lowest BCUT2D eigenvalue weighted by atomic mass is 9.87. The van der Waals surface area contributed by atoms with Gasteiger partial charge in [0, 0.05) is 5.56 Å². The first-order valence-electron chi connectivity index (χ1n) is 7.08. The molecular formula is C18H20O3. The highest BCUT2D eigenvalue weighted by Gasteiger charge is 2.27. The van der Waals surface area contributed by atoms with Gasteiger partial charge in [0.1, 0.15) is 5.75 Å². The van der Waals surface area contributed by atoms with Crippen LogP contribution in [-0.2, 0) is 0 Å². The lowest BCUT2D eigenvalue weighted by Gasteiger charge is -2.21. The predicted molar refractivity (Wildman–Crippen MR) is 82.5 cm³/mol. The molecule has 0 aromatic heterocycles. The number of ether oxygens (including phenoxy) is 1. The third-order valence-corrected chi connectivity index (χ3v) is 3.67. The summed E-state index contributed by atoms with van der Waals surface area (Å²) < 4.78 is 5.09. The third-order valence-electron chi connectivity index (χ3n) is 3.67. The Bertz CT molecular complexity index is 575. The van der Waals surface area contributed by atoms with Gasteiger partial charge in [-0.1, -0.05) is 37.3 Å². The number of benzene rings is 2. The smallest absolute Gasteiger partial charge is 0.168 e. The second-order valence-electron chi connectivity index (χ2n) is 4.96. The minimum atomic E-state index is -0.786. The number of methoxy groups -OCH3 is 1. The van der Waals surface area contributed by atoms with Crippen LogP contribution in [0.2, 0.25) is 0 Å². The second kappa shape index (κ2) is 7.04. The average molecular weight is 284 g/mol. The monoisotopic (exact) mass is 284 g/mol. The van der Waals surface area contributed by atoms with Crippen LogP contribution in [0.25, 0.3) is 0 Å². The number of aliphatic hydroxyl groups is 1.